The zero-order chi connectivity index (χ0) is 22.4. The van der Waals surface area contributed by atoms with Crippen molar-refractivity contribution in [1.82, 2.24) is 9.88 Å². The van der Waals surface area contributed by atoms with Crippen LogP contribution in [0.1, 0.15) is 44.1 Å². The van der Waals surface area contributed by atoms with Crippen molar-refractivity contribution in [2.24, 2.45) is 0 Å². The first kappa shape index (κ1) is 22.4. The van der Waals surface area contributed by atoms with E-state index >= 15 is 0 Å². The molecule has 162 valence electrons. The number of halogens is 1. The second kappa shape index (κ2) is 10.2. The number of esters is 1. The van der Waals surface area contributed by atoms with Crippen LogP contribution in [0.5, 0.6) is 0 Å². The van der Waals surface area contributed by atoms with Gasteiger partial charge in [-0.1, -0.05) is 12.1 Å². The fraction of sp³-hybridized carbons (Fsp3) is 0.261. The summed E-state index contributed by atoms with van der Waals surface area (Å²) in [7, 11) is 0. The minimum Gasteiger partial charge on any atom is -0.457 e. The SMILES string of the molecule is Cc1cc(C(=O)COC(=O)CCNC(=O)c2ccsc2)c(C)n1Cc1ccc(F)cc1. The van der Waals surface area contributed by atoms with Gasteiger partial charge in [0, 0.05) is 41.0 Å². The number of aryl methyl sites for hydroxylation is 1. The van der Waals surface area contributed by atoms with Crippen LogP contribution in [0.4, 0.5) is 4.39 Å². The number of Topliss-reactive ketones (excluding diaryl/α,β-unsaturated/α-hetero) is 1. The molecule has 0 saturated heterocycles. The highest BCUT2D eigenvalue weighted by molar-refractivity contribution is 7.08. The molecule has 1 amide bonds. The van der Waals surface area contributed by atoms with Gasteiger partial charge in [0.05, 0.1) is 6.42 Å². The number of aromatic nitrogens is 1. The van der Waals surface area contributed by atoms with Crippen LogP contribution in [0.3, 0.4) is 0 Å². The van der Waals surface area contributed by atoms with E-state index in [1.807, 2.05) is 18.4 Å². The Kier molecular flexibility index (Phi) is 7.36. The van der Waals surface area contributed by atoms with Gasteiger partial charge in [0.2, 0.25) is 5.78 Å². The fourth-order valence-electron chi connectivity index (χ4n) is 3.17. The molecule has 0 spiro atoms. The van der Waals surface area contributed by atoms with Crippen LogP contribution in [0, 0.1) is 19.7 Å². The molecule has 3 rings (SSSR count). The van der Waals surface area contributed by atoms with E-state index in [9.17, 15) is 18.8 Å². The average molecular weight is 443 g/mol. The Morgan fingerprint density at radius 2 is 1.87 bits per heavy atom. The third-order valence-corrected chi connectivity index (χ3v) is 5.57. The largest absolute Gasteiger partial charge is 0.457 e. The molecule has 1 N–H and O–H groups in total. The number of carbonyl (C=O) groups is 3. The summed E-state index contributed by atoms with van der Waals surface area (Å²) in [4.78, 5) is 36.3. The van der Waals surface area contributed by atoms with Gasteiger partial charge in [-0.3, -0.25) is 14.4 Å². The second-order valence-corrected chi connectivity index (χ2v) is 7.88. The van der Waals surface area contributed by atoms with Gasteiger partial charge < -0.3 is 14.6 Å². The highest BCUT2D eigenvalue weighted by atomic mass is 32.1. The van der Waals surface area contributed by atoms with Gasteiger partial charge in [0.1, 0.15) is 5.82 Å². The summed E-state index contributed by atoms with van der Waals surface area (Å²) in [5, 5.41) is 6.16. The Bertz CT molecular complexity index is 1070. The van der Waals surface area contributed by atoms with Crippen molar-refractivity contribution in [3.8, 4) is 0 Å². The number of nitrogens with zero attached hydrogens (tertiary/aromatic N) is 1. The highest BCUT2D eigenvalue weighted by Gasteiger charge is 2.18. The van der Waals surface area contributed by atoms with Gasteiger partial charge in [0.15, 0.2) is 6.61 Å². The van der Waals surface area contributed by atoms with E-state index < -0.39 is 5.97 Å². The summed E-state index contributed by atoms with van der Waals surface area (Å²) >= 11 is 1.41. The fourth-order valence-corrected chi connectivity index (χ4v) is 3.80. The number of hydrogen-bond acceptors (Lipinski definition) is 5. The molecule has 2 heterocycles. The standard InChI is InChI=1S/C23H23FN2O4S/c1-15-11-20(16(2)26(15)12-17-3-5-19(24)6-4-17)21(27)13-30-22(28)7-9-25-23(29)18-8-10-31-14-18/h3-6,8,10-11,14H,7,9,12-13H2,1-2H3,(H,25,29). The van der Waals surface area contributed by atoms with Crippen LogP contribution in [-0.2, 0) is 16.1 Å². The topological polar surface area (TPSA) is 77.4 Å². The predicted octanol–water partition coefficient (Wildman–Crippen LogP) is 3.90. The van der Waals surface area contributed by atoms with Gasteiger partial charge in [-0.25, -0.2) is 4.39 Å². The molecule has 0 bridgehead atoms. The van der Waals surface area contributed by atoms with E-state index in [-0.39, 0.29) is 37.1 Å². The number of benzene rings is 1. The van der Waals surface area contributed by atoms with Gasteiger partial charge in [-0.15, -0.1) is 0 Å². The predicted molar refractivity (Wildman–Crippen MR) is 116 cm³/mol. The first-order valence-electron chi connectivity index (χ1n) is 9.75. The van der Waals surface area contributed by atoms with Gasteiger partial charge in [0.25, 0.3) is 5.91 Å². The molecule has 8 heteroatoms. The van der Waals surface area contributed by atoms with Crippen LogP contribution in [0.15, 0.2) is 47.2 Å². The Hall–Kier alpha value is -3.26. The van der Waals surface area contributed by atoms with Crippen LogP contribution >= 0.6 is 11.3 Å². The van der Waals surface area contributed by atoms with Gasteiger partial charge in [-0.2, -0.15) is 11.3 Å². The van der Waals surface area contributed by atoms with Crippen molar-refractivity contribution < 1.29 is 23.5 Å². The number of ether oxygens (including phenoxy) is 1. The molecule has 0 radical (unpaired) electrons. The normalized spacial score (nSPS) is 10.7. The molecule has 3 aromatic rings. The zero-order valence-corrected chi connectivity index (χ0v) is 18.1. The lowest BCUT2D eigenvalue weighted by Crippen LogP contribution is -2.26. The maximum atomic E-state index is 13.1. The van der Waals surface area contributed by atoms with E-state index in [0.29, 0.717) is 17.7 Å². The number of nitrogens with one attached hydrogen (secondary N) is 1. The molecule has 0 aliphatic heterocycles. The molecule has 0 atom stereocenters. The van der Waals surface area contributed by atoms with Crippen molar-refractivity contribution in [2.75, 3.05) is 13.2 Å². The number of ketones is 1. The Morgan fingerprint density at radius 1 is 1.13 bits per heavy atom. The number of thiophene rings is 1. The zero-order valence-electron chi connectivity index (χ0n) is 17.3. The second-order valence-electron chi connectivity index (χ2n) is 7.10. The number of amides is 1. The molecule has 0 unspecified atom stereocenters. The molecule has 0 aliphatic carbocycles. The third-order valence-electron chi connectivity index (χ3n) is 4.89. The minimum absolute atomic E-state index is 0.0211. The van der Waals surface area contributed by atoms with Crippen LogP contribution < -0.4 is 5.32 Å². The Morgan fingerprint density at radius 3 is 2.55 bits per heavy atom. The smallest absolute Gasteiger partial charge is 0.308 e. The van der Waals surface area contributed by atoms with Gasteiger partial charge in [-0.05, 0) is 49.1 Å². The summed E-state index contributed by atoms with van der Waals surface area (Å²) in [6.45, 7) is 3.99. The number of hydrogen-bond donors (Lipinski definition) is 1. The summed E-state index contributed by atoms with van der Waals surface area (Å²) < 4.78 is 20.2. The monoisotopic (exact) mass is 442 g/mol. The molecular weight excluding hydrogens is 419 g/mol. The summed E-state index contributed by atoms with van der Waals surface area (Å²) in [5.74, 6) is -1.40. The molecule has 1 aromatic carbocycles. The van der Waals surface area contributed by atoms with Crippen LogP contribution in [-0.4, -0.2) is 35.4 Å². The Labute approximate surface area is 183 Å². The Balaban J connectivity index is 1.50. The van der Waals surface area contributed by atoms with E-state index in [2.05, 4.69) is 5.32 Å². The first-order valence-corrected chi connectivity index (χ1v) is 10.7. The summed E-state index contributed by atoms with van der Waals surface area (Å²) in [5.41, 5.74) is 3.58. The lowest BCUT2D eigenvalue weighted by molar-refractivity contribution is -0.142. The van der Waals surface area contributed by atoms with Gasteiger partial charge >= 0.3 is 5.97 Å². The van der Waals surface area contributed by atoms with Crippen molar-refractivity contribution in [3.05, 3.63) is 81.1 Å². The lowest BCUT2D eigenvalue weighted by Gasteiger charge is -2.10. The maximum Gasteiger partial charge on any atom is 0.308 e. The van der Waals surface area contributed by atoms with E-state index in [1.165, 1.54) is 23.5 Å². The van der Waals surface area contributed by atoms with E-state index in [0.717, 1.165) is 17.0 Å². The first-order chi connectivity index (χ1) is 14.8. The average Bonchev–Trinajstić information content (AvgIpc) is 3.38. The summed E-state index contributed by atoms with van der Waals surface area (Å²) in [6.07, 6.45) is -0.0211. The van der Waals surface area contributed by atoms with Crippen molar-refractivity contribution in [1.29, 1.82) is 0 Å². The van der Waals surface area contributed by atoms with Crippen molar-refractivity contribution >= 4 is 29.0 Å². The van der Waals surface area contributed by atoms with E-state index in [1.54, 1.807) is 35.0 Å². The van der Waals surface area contributed by atoms with Crippen molar-refractivity contribution in [3.63, 3.8) is 0 Å². The molecule has 6 nitrogen and oxygen atoms in total. The quantitative estimate of drug-likeness (QED) is 0.403. The molecule has 2 aromatic heterocycles. The van der Waals surface area contributed by atoms with Crippen molar-refractivity contribution in [2.45, 2.75) is 26.8 Å². The highest BCUT2D eigenvalue weighted by Crippen LogP contribution is 2.18. The minimum atomic E-state index is -0.556. The molecule has 0 fully saturated rings. The number of rotatable bonds is 9. The maximum absolute atomic E-state index is 13.1. The number of carbonyl (C=O) groups excluding carboxylic acids is 3. The third kappa shape index (κ3) is 5.88. The molecule has 31 heavy (non-hydrogen) atoms. The molecule has 0 saturated carbocycles. The summed E-state index contributed by atoms with van der Waals surface area (Å²) in [6, 6.07) is 9.67. The molecular formula is C23H23FN2O4S. The van der Waals surface area contributed by atoms with E-state index in [4.69, 9.17) is 4.74 Å². The van der Waals surface area contributed by atoms with Crippen LogP contribution in [0.25, 0.3) is 0 Å². The van der Waals surface area contributed by atoms with Crippen LogP contribution in [0.2, 0.25) is 0 Å². The molecule has 0 aliphatic rings. The lowest BCUT2D eigenvalue weighted by atomic mass is 10.1.